The van der Waals surface area contributed by atoms with E-state index >= 15 is 0 Å². The fraction of sp³-hybridized carbons (Fsp3) is 0.733. The van der Waals surface area contributed by atoms with Crippen molar-refractivity contribution >= 4 is 36.3 Å². The van der Waals surface area contributed by atoms with Gasteiger partial charge in [0.15, 0.2) is 0 Å². The number of carboxylic acids is 1. The van der Waals surface area contributed by atoms with E-state index in [0.29, 0.717) is 0 Å². The first kappa shape index (κ1) is 24.1. The first-order valence-corrected chi connectivity index (χ1v) is 8.77. The quantitative estimate of drug-likeness (QED) is 0.196. The van der Waals surface area contributed by atoms with E-state index in [2.05, 4.69) is 28.6 Å². The molecule has 0 aromatic rings. The first-order chi connectivity index (χ1) is 12.0. The lowest BCUT2D eigenvalue weighted by molar-refractivity contribution is -0.143. The van der Waals surface area contributed by atoms with Crippen molar-refractivity contribution in [1.29, 1.82) is 0 Å². The van der Waals surface area contributed by atoms with Crippen LogP contribution in [0.3, 0.4) is 0 Å². The second-order valence-corrected chi connectivity index (χ2v) is 6.67. The van der Waals surface area contributed by atoms with Crippen molar-refractivity contribution in [3.05, 3.63) is 0 Å². The van der Waals surface area contributed by atoms with Gasteiger partial charge in [-0.05, 0) is 19.3 Å². The van der Waals surface area contributed by atoms with Crippen molar-refractivity contribution in [3.8, 4) is 0 Å². The molecule has 0 bridgehead atoms. The maximum atomic E-state index is 12.2. The number of nitrogens with one attached hydrogen (secondary N) is 3. The molecule has 0 heterocycles. The molecule has 0 aromatic heterocycles. The Kier molecular flexibility index (Phi) is 10.9. The van der Waals surface area contributed by atoms with Crippen molar-refractivity contribution in [1.82, 2.24) is 16.0 Å². The molecule has 10 nitrogen and oxygen atoms in total. The molecule has 0 rings (SSSR count). The van der Waals surface area contributed by atoms with Gasteiger partial charge in [0.2, 0.25) is 17.7 Å². The number of amides is 3. The third-order valence-corrected chi connectivity index (χ3v) is 3.73. The second kappa shape index (κ2) is 11.7. The summed E-state index contributed by atoms with van der Waals surface area (Å²) in [4.78, 5) is 47.1. The van der Waals surface area contributed by atoms with Crippen LogP contribution in [0.1, 0.15) is 27.2 Å². The Hall–Kier alpha value is -1.85. The van der Waals surface area contributed by atoms with Crippen molar-refractivity contribution < 1.29 is 29.4 Å². The molecule has 0 aliphatic rings. The molecule has 7 N–H and O–H groups in total. The summed E-state index contributed by atoms with van der Waals surface area (Å²) in [7, 11) is 0. The van der Waals surface area contributed by atoms with Crippen molar-refractivity contribution in [2.45, 2.75) is 51.4 Å². The third kappa shape index (κ3) is 8.50. The van der Waals surface area contributed by atoms with Crippen LogP contribution in [0.15, 0.2) is 0 Å². The summed E-state index contributed by atoms with van der Waals surface area (Å²) in [6.45, 7) is 4.29. The summed E-state index contributed by atoms with van der Waals surface area (Å²) in [5.74, 6) is -3.43. The van der Waals surface area contributed by atoms with Crippen molar-refractivity contribution in [2.24, 2.45) is 11.7 Å². The predicted molar refractivity (Wildman–Crippen MR) is 97.5 cm³/mol. The summed E-state index contributed by atoms with van der Waals surface area (Å²) in [5, 5.41) is 25.4. The minimum Gasteiger partial charge on any atom is -0.480 e. The molecule has 4 unspecified atom stereocenters. The van der Waals surface area contributed by atoms with Crippen LogP contribution in [0.25, 0.3) is 0 Å². The van der Waals surface area contributed by atoms with Crippen LogP contribution in [-0.2, 0) is 19.2 Å². The lowest BCUT2D eigenvalue weighted by atomic mass is 10.0. The zero-order valence-corrected chi connectivity index (χ0v) is 16.0. The van der Waals surface area contributed by atoms with Crippen LogP contribution in [0.2, 0.25) is 0 Å². The number of nitrogens with two attached hydrogens (primary N) is 1. The highest BCUT2D eigenvalue weighted by Gasteiger charge is 2.29. The fourth-order valence-electron chi connectivity index (χ4n) is 1.93. The van der Waals surface area contributed by atoms with E-state index in [9.17, 15) is 24.3 Å². The number of carboxylic acid groups (broad SMARTS) is 1. The van der Waals surface area contributed by atoms with Gasteiger partial charge in [-0.15, -0.1) is 0 Å². The van der Waals surface area contributed by atoms with Gasteiger partial charge in [0, 0.05) is 5.75 Å². The third-order valence-electron chi connectivity index (χ3n) is 3.37. The van der Waals surface area contributed by atoms with Gasteiger partial charge in [0.25, 0.3) is 0 Å². The lowest BCUT2D eigenvalue weighted by Crippen LogP contribution is -2.58. The number of thiol groups is 1. The molecular weight excluding hydrogens is 364 g/mol. The van der Waals surface area contributed by atoms with Crippen LogP contribution >= 0.6 is 12.6 Å². The Balaban J connectivity index is 4.94. The molecule has 4 atom stereocenters. The summed E-state index contributed by atoms with van der Waals surface area (Å²) < 4.78 is 0. The molecule has 0 fully saturated rings. The summed E-state index contributed by atoms with van der Waals surface area (Å²) in [5.41, 5.74) is 5.41. The highest BCUT2D eigenvalue weighted by atomic mass is 32.1. The molecule has 150 valence electrons. The molecule has 11 heteroatoms. The smallest absolute Gasteiger partial charge is 0.326 e. The maximum absolute atomic E-state index is 12.2. The van der Waals surface area contributed by atoms with E-state index in [1.807, 2.05) is 0 Å². The van der Waals surface area contributed by atoms with Gasteiger partial charge < -0.3 is 31.9 Å². The van der Waals surface area contributed by atoms with E-state index in [-0.39, 0.29) is 18.1 Å². The molecule has 26 heavy (non-hydrogen) atoms. The number of carbonyl (C=O) groups excluding carboxylic acids is 3. The number of hydrogen-bond acceptors (Lipinski definition) is 7. The average Bonchev–Trinajstić information content (AvgIpc) is 2.55. The molecule has 0 aliphatic heterocycles. The Labute approximate surface area is 157 Å². The molecule has 0 saturated carbocycles. The van der Waals surface area contributed by atoms with Crippen molar-refractivity contribution in [3.63, 3.8) is 0 Å². The van der Waals surface area contributed by atoms with Crippen molar-refractivity contribution in [2.75, 3.05) is 12.4 Å². The normalized spacial score (nSPS) is 15.5. The lowest BCUT2D eigenvalue weighted by Gasteiger charge is -2.23. The SMILES string of the molecule is CC(C)CC(NC(=O)C(CO)NC(=O)C(CS)NC(=O)C(C)N)C(=O)O. The zero-order chi connectivity index (χ0) is 20.4. The van der Waals surface area contributed by atoms with E-state index in [0.717, 1.165) is 0 Å². The zero-order valence-electron chi connectivity index (χ0n) is 15.1. The number of aliphatic hydroxyl groups is 1. The fourth-order valence-corrected chi connectivity index (χ4v) is 2.19. The average molecular weight is 392 g/mol. The Morgan fingerprint density at radius 2 is 1.38 bits per heavy atom. The van der Waals surface area contributed by atoms with Gasteiger partial charge in [-0.1, -0.05) is 13.8 Å². The Morgan fingerprint density at radius 3 is 1.77 bits per heavy atom. The van der Waals surface area contributed by atoms with Gasteiger partial charge in [-0.3, -0.25) is 14.4 Å². The number of aliphatic hydroxyl groups excluding tert-OH is 1. The van der Waals surface area contributed by atoms with Gasteiger partial charge in [0.05, 0.1) is 12.6 Å². The van der Waals surface area contributed by atoms with Gasteiger partial charge >= 0.3 is 5.97 Å². The van der Waals surface area contributed by atoms with Crippen LogP contribution in [0.5, 0.6) is 0 Å². The molecule has 0 aromatic carbocycles. The largest absolute Gasteiger partial charge is 0.480 e. The van der Waals surface area contributed by atoms with Crippen LogP contribution in [0.4, 0.5) is 0 Å². The van der Waals surface area contributed by atoms with E-state index in [1.165, 1.54) is 6.92 Å². The molecule has 0 spiro atoms. The summed E-state index contributed by atoms with van der Waals surface area (Å²) >= 11 is 3.96. The second-order valence-electron chi connectivity index (χ2n) is 6.31. The maximum Gasteiger partial charge on any atom is 0.326 e. The van der Waals surface area contributed by atoms with Gasteiger partial charge in [-0.25, -0.2) is 4.79 Å². The van der Waals surface area contributed by atoms with Crippen LogP contribution in [-0.4, -0.2) is 70.4 Å². The van der Waals surface area contributed by atoms with E-state index in [1.54, 1.807) is 13.8 Å². The topological polar surface area (TPSA) is 171 Å². The number of rotatable bonds is 11. The highest BCUT2D eigenvalue weighted by Crippen LogP contribution is 2.05. The van der Waals surface area contributed by atoms with Gasteiger partial charge in [0.1, 0.15) is 18.1 Å². The molecule has 0 saturated heterocycles. The Morgan fingerprint density at radius 1 is 0.923 bits per heavy atom. The number of hydrogen-bond donors (Lipinski definition) is 7. The number of carbonyl (C=O) groups is 4. The van der Waals surface area contributed by atoms with Crippen LogP contribution < -0.4 is 21.7 Å². The molecule has 0 aliphatic carbocycles. The Bertz CT molecular complexity index is 514. The highest BCUT2D eigenvalue weighted by molar-refractivity contribution is 7.80. The standard InChI is InChI=1S/C15H28N4O6S/c1-7(2)4-9(15(24)25)17-13(22)10(5-20)18-14(23)11(6-26)19-12(21)8(3)16/h7-11,20,26H,4-6,16H2,1-3H3,(H,17,22)(H,18,23)(H,19,21)(H,24,25). The first-order valence-electron chi connectivity index (χ1n) is 8.14. The predicted octanol–water partition coefficient (Wildman–Crippen LogP) is -2.16. The van der Waals surface area contributed by atoms with E-state index in [4.69, 9.17) is 10.8 Å². The monoisotopic (exact) mass is 392 g/mol. The van der Waals surface area contributed by atoms with Crippen LogP contribution in [0, 0.1) is 5.92 Å². The van der Waals surface area contributed by atoms with Gasteiger partial charge in [-0.2, -0.15) is 12.6 Å². The molecule has 3 amide bonds. The summed E-state index contributed by atoms with van der Waals surface area (Å²) in [6, 6.07) is -4.42. The molecule has 0 radical (unpaired) electrons. The minimum atomic E-state index is -1.37. The van der Waals surface area contributed by atoms with E-state index < -0.39 is 54.5 Å². The minimum absolute atomic E-state index is 0.0144. The number of aliphatic carboxylic acids is 1. The molecular formula is C15H28N4O6S. The summed E-state index contributed by atoms with van der Waals surface area (Å²) in [6.07, 6.45) is 0.191.